The van der Waals surface area contributed by atoms with Crippen molar-refractivity contribution in [1.82, 2.24) is 5.32 Å². The maximum absolute atomic E-state index is 6.37. The SMILES string of the molecule is CCC1CCCC(Oc2cccc(Cl)c2CNC(C)C)C1. The molecule has 0 saturated heterocycles. The number of ether oxygens (including phenoxy) is 1. The molecule has 2 unspecified atom stereocenters. The molecule has 1 aliphatic carbocycles. The molecular formula is C18H28ClNO. The summed E-state index contributed by atoms with van der Waals surface area (Å²) in [6.45, 7) is 7.33. The summed E-state index contributed by atoms with van der Waals surface area (Å²) in [6, 6.07) is 6.42. The van der Waals surface area contributed by atoms with Crippen LogP contribution >= 0.6 is 11.6 Å². The van der Waals surface area contributed by atoms with Gasteiger partial charge in [0.25, 0.3) is 0 Å². The van der Waals surface area contributed by atoms with E-state index in [1.165, 1.54) is 32.1 Å². The summed E-state index contributed by atoms with van der Waals surface area (Å²) in [5.41, 5.74) is 1.09. The number of nitrogens with one attached hydrogen (secondary N) is 1. The zero-order valence-electron chi connectivity index (χ0n) is 13.5. The molecule has 0 spiro atoms. The third-order valence-electron chi connectivity index (χ3n) is 4.37. The molecule has 1 aliphatic rings. The van der Waals surface area contributed by atoms with Crippen LogP contribution < -0.4 is 10.1 Å². The number of hydrogen-bond acceptors (Lipinski definition) is 2. The predicted molar refractivity (Wildman–Crippen MR) is 90.1 cm³/mol. The summed E-state index contributed by atoms with van der Waals surface area (Å²) in [7, 11) is 0. The van der Waals surface area contributed by atoms with E-state index in [1.807, 2.05) is 12.1 Å². The number of halogens is 1. The molecule has 21 heavy (non-hydrogen) atoms. The van der Waals surface area contributed by atoms with Gasteiger partial charge in [-0.25, -0.2) is 0 Å². The van der Waals surface area contributed by atoms with Crippen LogP contribution in [-0.2, 0) is 6.54 Å². The van der Waals surface area contributed by atoms with Crippen molar-refractivity contribution >= 4 is 11.6 Å². The highest BCUT2D eigenvalue weighted by molar-refractivity contribution is 6.31. The standard InChI is InChI=1S/C18H28ClNO/c1-4-14-7-5-8-15(11-14)21-18-10-6-9-17(19)16(18)12-20-13(2)3/h6,9-10,13-15,20H,4-5,7-8,11-12H2,1-3H3. The van der Waals surface area contributed by atoms with E-state index < -0.39 is 0 Å². The molecule has 1 aromatic rings. The van der Waals surface area contributed by atoms with E-state index in [9.17, 15) is 0 Å². The topological polar surface area (TPSA) is 21.3 Å². The Morgan fingerprint density at radius 1 is 1.33 bits per heavy atom. The van der Waals surface area contributed by atoms with Gasteiger partial charge in [-0.15, -0.1) is 0 Å². The van der Waals surface area contributed by atoms with Crippen molar-refractivity contribution in [2.75, 3.05) is 0 Å². The lowest BCUT2D eigenvalue weighted by atomic mass is 9.85. The summed E-state index contributed by atoms with van der Waals surface area (Å²) in [4.78, 5) is 0. The molecule has 0 bridgehead atoms. The minimum Gasteiger partial charge on any atom is -0.490 e. The number of benzene rings is 1. The smallest absolute Gasteiger partial charge is 0.125 e. The lowest BCUT2D eigenvalue weighted by Crippen LogP contribution is -2.27. The van der Waals surface area contributed by atoms with Crippen molar-refractivity contribution in [1.29, 1.82) is 0 Å². The third kappa shape index (κ3) is 4.89. The lowest BCUT2D eigenvalue weighted by molar-refractivity contribution is 0.121. The first-order valence-electron chi connectivity index (χ1n) is 8.27. The quantitative estimate of drug-likeness (QED) is 0.781. The highest BCUT2D eigenvalue weighted by Crippen LogP contribution is 2.33. The number of hydrogen-bond donors (Lipinski definition) is 1. The Bertz CT molecular complexity index is 447. The van der Waals surface area contributed by atoms with E-state index in [2.05, 4.69) is 32.2 Å². The van der Waals surface area contributed by atoms with E-state index in [4.69, 9.17) is 16.3 Å². The lowest BCUT2D eigenvalue weighted by Gasteiger charge is -2.30. The molecule has 0 heterocycles. The summed E-state index contributed by atoms with van der Waals surface area (Å²) in [6.07, 6.45) is 6.59. The molecule has 1 saturated carbocycles. The molecule has 0 aliphatic heterocycles. The molecule has 1 N–H and O–H groups in total. The monoisotopic (exact) mass is 309 g/mol. The van der Waals surface area contributed by atoms with Crippen LogP contribution in [0.25, 0.3) is 0 Å². The van der Waals surface area contributed by atoms with Crippen LogP contribution in [0.5, 0.6) is 5.75 Å². The van der Waals surface area contributed by atoms with Gasteiger partial charge in [-0.2, -0.15) is 0 Å². The van der Waals surface area contributed by atoms with E-state index in [-0.39, 0.29) is 0 Å². The predicted octanol–water partition coefficient (Wildman–Crippen LogP) is 5.19. The summed E-state index contributed by atoms with van der Waals surface area (Å²) in [5, 5.41) is 4.23. The zero-order valence-corrected chi connectivity index (χ0v) is 14.2. The summed E-state index contributed by atoms with van der Waals surface area (Å²) in [5.74, 6) is 1.78. The molecule has 0 radical (unpaired) electrons. The van der Waals surface area contributed by atoms with Crippen molar-refractivity contribution in [3.63, 3.8) is 0 Å². The molecule has 2 nitrogen and oxygen atoms in total. The van der Waals surface area contributed by atoms with Crippen molar-refractivity contribution < 1.29 is 4.74 Å². The normalized spacial score (nSPS) is 22.5. The highest BCUT2D eigenvalue weighted by Gasteiger charge is 2.23. The first-order chi connectivity index (χ1) is 10.1. The van der Waals surface area contributed by atoms with Gasteiger partial charge in [-0.05, 0) is 37.3 Å². The van der Waals surface area contributed by atoms with Gasteiger partial charge in [-0.1, -0.05) is 51.3 Å². The minimum atomic E-state index is 0.347. The van der Waals surface area contributed by atoms with Crippen LogP contribution in [0.4, 0.5) is 0 Å². The zero-order chi connectivity index (χ0) is 15.2. The van der Waals surface area contributed by atoms with Gasteiger partial charge in [-0.3, -0.25) is 0 Å². The number of rotatable bonds is 6. The van der Waals surface area contributed by atoms with Crippen molar-refractivity contribution in [3.8, 4) is 5.75 Å². The largest absolute Gasteiger partial charge is 0.490 e. The summed E-state index contributed by atoms with van der Waals surface area (Å²) < 4.78 is 6.31. The Labute approximate surface area is 134 Å². The third-order valence-corrected chi connectivity index (χ3v) is 4.72. The van der Waals surface area contributed by atoms with Crippen LogP contribution in [0.2, 0.25) is 5.02 Å². The molecule has 2 rings (SSSR count). The maximum Gasteiger partial charge on any atom is 0.125 e. The molecule has 3 heteroatoms. The first kappa shape index (κ1) is 16.6. The van der Waals surface area contributed by atoms with Crippen LogP contribution in [0.3, 0.4) is 0 Å². The Balaban J connectivity index is 2.06. The molecule has 118 valence electrons. The van der Waals surface area contributed by atoms with Gasteiger partial charge in [0, 0.05) is 23.2 Å². The second-order valence-corrected chi connectivity index (χ2v) is 6.84. The van der Waals surface area contributed by atoms with Gasteiger partial charge in [0.1, 0.15) is 5.75 Å². The fourth-order valence-electron chi connectivity index (χ4n) is 3.03. The van der Waals surface area contributed by atoms with Gasteiger partial charge in [0.2, 0.25) is 0 Å². The molecular weight excluding hydrogens is 282 g/mol. The van der Waals surface area contributed by atoms with Gasteiger partial charge in [0.15, 0.2) is 0 Å². The second kappa shape index (κ2) is 8.05. The van der Waals surface area contributed by atoms with Crippen LogP contribution in [0.1, 0.15) is 58.4 Å². The van der Waals surface area contributed by atoms with Crippen molar-refractivity contribution in [2.24, 2.45) is 5.92 Å². The fraction of sp³-hybridized carbons (Fsp3) is 0.667. The average Bonchev–Trinajstić information content (AvgIpc) is 2.46. The van der Waals surface area contributed by atoms with E-state index in [0.29, 0.717) is 12.1 Å². The molecule has 2 atom stereocenters. The molecule has 1 aromatic carbocycles. The van der Waals surface area contributed by atoms with E-state index in [0.717, 1.165) is 28.8 Å². The fourth-order valence-corrected chi connectivity index (χ4v) is 3.26. The van der Waals surface area contributed by atoms with Gasteiger partial charge < -0.3 is 10.1 Å². The molecule has 0 amide bonds. The van der Waals surface area contributed by atoms with Crippen LogP contribution in [-0.4, -0.2) is 12.1 Å². The van der Waals surface area contributed by atoms with Crippen molar-refractivity contribution in [3.05, 3.63) is 28.8 Å². The summed E-state index contributed by atoms with van der Waals surface area (Å²) >= 11 is 6.37. The van der Waals surface area contributed by atoms with E-state index >= 15 is 0 Å². The Hall–Kier alpha value is -0.730. The first-order valence-corrected chi connectivity index (χ1v) is 8.65. The average molecular weight is 310 g/mol. The van der Waals surface area contributed by atoms with Gasteiger partial charge >= 0.3 is 0 Å². The minimum absolute atomic E-state index is 0.347. The van der Waals surface area contributed by atoms with Crippen LogP contribution in [0.15, 0.2) is 18.2 Å². The van der Waals surface area contributed by atoms with Crippen LogP contribution in [0, 0.1) is 5.92 Å². The Kier molecular flexibility index (Phi) is 6.38. The second-order valence-electron chi connectivity index (χ2n) is 6.43. The van der Waals surface area contributed by atoms with E-state index in [1.54, 1.807) is 0 Å². The Morgan fingerprint density at radius 3 is 2.86 bits per heavy atom. The van der Waals surface area contributed by atoms with Crippen molar-refractivity contribution in [2.45, 2.75) is 71.6 Å². The molecule has 1 fully saturated rings. The maximum atomic E-state index is 6.37. The highest BCUT2D eigenvalue weighted by atomic mass is 35.5. The Morgan fingerprint density at radius 2 is 2.14 bits per heavy atom. The van der Waals surface area contributed by atoms with Gasteiger partial charge in [0.05, 0.1) is 6.10 Å². The molecule has 0 aromatic heterocycles.